The number of thiophene rings is 1. The fraction of sp³-hybridized carbons (Fsp3) is 0.571. The first-order valence-electron chi connectivity index (χ1n) is 12.9. The monoisotopic (exact) mass is 497 g/mol. The molecule has 35 heavy (non-hydrogen) atoms. The normalized spacial score (nSPS) is 16.0. The highest BCUT2D eigenvalue weighted by atomic mass is 32.1. The van der Waals surface area contributed by atoms with Crippen molar-refractivity contribution in [3.05, 3.63) is 50.9 Å². The van der Waals surface area contributed by atoms with Crippen LogP contribution in [0.15, 0.2) is 28.4 Å². The van der Waals surface area contributed by atoms with Crippen LogP contribution < -0.4 is 5.56 Å². The van der Waals surface area contributed by atoms with Gasteiger partial charge in [0.1, 0.15) is 10.7 Å². The lowest BCUT2D eigenvalue weighted by atomic mass is 9.94. The summed E-state index contributed by atoms with van der Waals surface area (Å²) in [5.74, 6) is 1.11. The van der Waals surface area contributed by atoms with Crippen LogP contribution in [0.1, 0.15) is 62.9 Å². The minimum absolute atomic E-state index is 0.0911. The number of nitrogens with zero attached hydrogens (tertiary/aromatic N) is 2. The van der Waals surface area contributed by atoms with Crippen LogP contribution in [0.5, 0.6) is 0 Å². The van der Waals surface area contributed by atoms with Gasteiger partial charge in [-0.05, 0) is 43.7 Å². The van der Waals surface area contributed by atoms with Gasteiger partial charge in [-0.15, -0.1) is 11.3 Å². The van der Waals surface area contributed by atoms with Crippen LogP contribution in [0, 0.1) is 19.8 Å². The lowest BCUT2D eigenvalue weighted by Crippen LogP contribution is -2.43. The van der Waals surface area contributed by atoms with E-state index in [9.17, 15) is 9.90 Å². The van der Waals surface area contributed by atoms with Crippen molar-refractivity contribution >= 4 is 21.6 Å². The Morgan fingerprint density at radius 1 is 1.17 bits per heavy atom. The number of aromatic amines is 1. The third-order valence-corrected chi connectivity index (χ3v) is 7.70. The maximum Gasteiger partial charge on any atom is 0.260 e. The number of aliphatic hydroxyl groups is 1. The predicted molar refractivity (Wildman–Crippen MR) is 144 cm³/mol. The topological polar surface area (TPSA) is 78.5 Å². The molecule has 0 amide bonds. The van der Waals surface area contributed by atoms with Crippen LogP contribution >= 0.6 is 11.3 Å². The van der Waals surface area contributed by atoms with Gasteiger partial charge in [-0.2, -0.15) is 0 Å². The number of hydrogen-bond donors (Lipinski definition) is 2. The number of hydrogen-bond acceptors (Lipinski definition) is 6. The van der Waals surface area contributed by atoms with Crippen LogP contribution in [0.2, 0.25) is 0 Å². The van der Waals surface area contributed by atoms with Crippen molar-refractivity contribution in [3.63, 3.8) is 0 Å². The van der Waals surface area contributed by atoms with Gasteiger partial charge >= 0.3 is 0 Å². The number of benzene rings is 1. The van der Waals surface area contributed by atoms with E-state index in [4.69, 9.17) is 9.72 Å². The predicted octanol–water partition coefficient (Wildman–Crippen LogP) is 5.44. The number of aryl methyl sites for hydroxylation is 2. The summed E-state index contributed by atoms with van der Waals surface area (Å²) in [5.41, 5.74) is 4.27. The number of aromatic nitrogens is 2. The van der Waals surface area contributed by atoms with Crippen LogP contribution in [0.3, 0.4) is 0 Å². The standard InChI is InChI=1S/C28H39N3O3S/c1-18(2)15-34-16-22(32)13-31(21-8-6-5-7-9-21)14-25-29-27(33)26-24(17-35-28(26)30-25)23-12-19(3)10-11-20(23)4/h10-12,17-18,21-22,32H,5-9,13-16H2,1-4H3,(H,29,30,33)/t22-/m0/s1. The minimum atomic E-state index is -0.566. The zero-order valence-electron chi connectivity index (χ0n) is 21.5. The number of aliphatic hydroxyl groups excluding tert-OH is 1. The molecule has 7 heteroatoms. The summed E-state index contributed by atoms with van der Waals surface area (Å²) < 4.78 is 5.69. The molecule has 1 saturated carbocycles. The Balaban J connectivity index is 1.57. The molecule has 2 N–H and O–H groups in total. The van der Waals surface area contributed by atoms with Crippen molar-refractivity contribution in [1.29, 1.82) is 0 Å². The van der Waals surface area contributed by atoms with E-state index >= 15 is 0 Å². The summed E-state index contributed by atoms with van der Waals surface area (Å²) in [6.07, 6.45) is 5.33. The molecule has 6 nitrogen and oxygen atoms in total. The average molecular weight is 498 g/mol. The van der Waals surface area contributed by atoms with E-state index in [-0.39, 0.29) is 5.56 Å². The molecular formula is C28H39N3O3S. The summed E-state index contributed by atoms with van der Waals surface area (Å²) in [7, 11) is 0. The Hall–Kier alpha value is -2.06. The van der Waals surface area contributed by atoms with E-state index in [1.807, 2.05) is 5.38 Å². The first-order valence-corrected chi connectivity index (χ1v) is 13.8. The third-order valence-electron chi connectivity index (χ3n) is 6.83. The fourth-order valence-electron chi connectivity index (χ4n) is 5.04. The second kappa shape index (κ2) is 11.8. The Bertz CT molecular complexity index is 1180. The quantitative estimate of drug-likeness (QED) is 0.390. The first-order chi connectivity index (χ1) is 16.8. The van der Waals surface area contributed by atoms with E-state index in [2.05, 4.69) is 55.8 Å². The molecule has 190 valence electrons. The highest BCUT2D eigenvalue weighted by Crippen LogP contribution is 2.33. The summed E-state index contributed by atoms with van der Waals surface area (Å²) in [4.78, 5) is 24.3. The molecule has 0 radical (unpaired) electrons. The molecular weight excluding hydrogens is 458 g/mol. The van der Waals surface area contributed by atoms with Crippen molar-refractivity contribution in [2.75, 3.05) is 19.8 Å². The van der Waals surface area contributed by atoms with Crippen molar-refractivity contribution in [3.8, 4) is 11.1 Å². The number of rotatable bonds is 10. The molecule has 1 aliphatic carbocycles. The molecule has 0 saturated heterocycles. The largest absolute Gasteiger partial charge is 0.389 e. The molecule has 1 atom stereocenters. The van der Waals surface area contributed by atoms with Crippen LogP contribution in [-0.2, 0) is 11.3 Å². The molecule has 0 unspecified atom stereocenters. The third kappa shape index (κ3) is 6.58. The van der Waals surface area contributed by atoms with Crippen molar-refractivity contribution < 1.29 is 9.84 Å². The van der Waals surface area contributed by atoms with Crippen molar-refractivity contribution in [1.82, 2.24) is 14.9 Å². The van der Waals surface area contributed by atoms with Gasteiger partial charge in [-0.3, -0.25) is 9.69 Å². The minimum Gasteiger partial charge on any atom is -0.389 e. The smallest absolute Gasteiger partial charge is 0.260 e. The second-order valence-electron chi connectivity index (χ2n) is 10.5. The average Bonchev–Trinajstić information content (AvgIpc) is 3.25. The highest BCUT2D eigenvalue weighted by molar-refractivity contribution is 7.17. The summed E-state index contributed by atoms with van der Waals surface area (Å²) in [6, 6.07) is 6.72. The molecule has 1 aliphatic rings. The summed E-state index contributed by atoms with van der Waals surface area (Å²) >= 11 is 1.52. The molecule has 2 aromatic heterocycles. The Morgan fingerprint density at radius 2 is 1.94 bits per heavy atom. The van der Waals surface area contributed by atoms with E-state index < -0.39 is 6.10 Å². The van der Waals surface area contributed by atoms with Gasteiger partial charge in [0.05, 0.1) is 24.6 Å². The number of ether oxygens (including phenoxy) is 1. The lowest BCUT2D eigenvalue weighted by molar-refractivity contribution is -0.00502. The van der Waals surface area contributed by atoms with Gasteiger partial charge in [0, 0.05) is 30.1 Å². The Kier molecular flexibility index (Phi) is 8.76. The van der Waals surface area contributed by atoms with Crippen LogP contribution in [0.4, 0.5) is 0 Å². The molecule has 4 rings (SSSR count). The number of H-pyrrole nitrogens is 1. The van der Waals surface area contributed by atoms with Crippen molar-refractivity contribution in [2.45, 2.75) is 78.5 Å². The van der Waals surface area contributed by atoms with Gasteiger partial charge < -0.3 is 14.8 Å². The number of nitrogens with one attached hydrogen (secondary N) is 1. The molecule has 0 bridgehead atoms. The fourth-order valence-corrected chi connectivity index (χ4v) is 5.99. The van der Waals surface area contributed by atoms with E-state index in [1.165, 1.54) is 36.2 Å². The molecule has 1 aromatic carbocycles. The van der Waals surface area contributed by atoms with Crippen molar-refractivity contribution in [2.24, 2.45) is 5.92 Å². The number of fused-ring (bicyclic) bond motifs is 1. The maximum atomic E-state index is 13.3. The van der Waals surface area contributed by atoms with E-state index in [1.54, 1.807) is 0 Å². The van der Waals surface area contributed by atoms with Gasteiger partial charge in [-0.1, -0.05) is 56.9 Å². The molecule has 0 aliphatic heterocycles. The molecule has 3 aromatic rings. The lowest BCUT2D eigenvalue weighted by Gasteiger charge is -2.35. The highest BCUT2D eigenvalue weighted by Gasteiger charge is 2.25. The van der Waals surface area contributed by atoms with Gasteiger partial charge in [-0.25, -0.2) is 4.98 Å². The second-order valence-corrected chi connectivity index (χ2v) is 11.3. The summed E-state index contributed by atoms with van der Waals surface area (Å²) in [6.45, 7) is 10.4. The maximum absolute atomic E-state index is 13.3. The van der Waals surface area contributed by atoms with Gasteiger partial charge in [0.2, 0.25) is 0 Å². The molecule has 2 heterocycles. The van der Waals surface area contributed by atoms with E-state index in [0.29, 0.717) is 49.5 Å². The Labute approximate surface area is 212 Å². The van der Waals surface area contributed by atoms with Gasteiger partial charge in [0.25, 0.3) is 5.56 Å². The van der Waals surface area contributed by atoms with Crippen LogP contribution in [-0.4, -0.2) is 51.9 Å². The zero-order valence-corrected chi connectivity index (χ0v) is 22.3. The zero-order chi connectivity index (χ0) is 24.9. The van der Waals surface area contributed by atoms with E-state index in [0.717, 1.165) is 34.4 Å². The summed E-state index contributed by atoms with van der Waals surface area (Å²) in [5, 5.41) is 13.4. The Morgan fingerprint density at radius 3 is 2.69 bits per heavy atom. The first kappa shape index (κ1) is 26.0. The molecule has 0 spiro atoms. The molecule has 1 fully saturated rings. The van der Waals surface area contributed by atoms with Gasteiger partial charge in [0.15, 0.2) is 0 Å². The SMILES string of the molecule is Cc1ccc(C)c(-c2csc3nc(CN(C[C@H](O)COCC(C)C)C4CCCCC4)[nH]c(=O)c23)c1. The van der Waals surface area contributed by atoms with Crippen LogP contribution in [0.25, 0.3) is 21.3 Å².